The lowest BCUT2D eigenvalue weighted by Gasteiger charge is -2.41. The van der Waals surface area contributed by atoms with Crippen LogP contribution in [0.15, 0.2) is 24.3 Å². The second kappa shape index (κ2) is 7.66. The van der Waals surface area contributed by atoms with E-state index < -0.39 is 27.7 Å². The lowest BCUT2D eigenvalue weighted by molar-refractivity contribution is -0.126. The van der Waals surface area contributed by atoms with Crippen LogP contribution >= 0.6 is 0 Å². The fourth-order valence-corrected chi connectivity index (χ4v) is 6.37. The van der Waals surface area contributed by atoms with E-state index in [9.17, 15) is 22.4 Å². The van der Waals surface area contributed by atoms with Crippen LogP contribution in [-0.4, -0.2) is 60.7 Å². The summed E-state index contributed by atoms with van der Waals surface area (Å²) in [5.41, 5.74) is -0.422. The highest BCUT2D eigenvalue weighted by molar-refractivity contribution is 7.86. The van der Waals surface area contributed by atoms with E-state index >= 15 is 0 Å². The second-order valence-electron chi connectivity index (χ2n) is 7.97. The van der Waals surface area contributed by atoms with Crippen molar-refractivity contribution >= 4 is 22.1 Å². The summed E-state index contributed by atoms with van der Waals surface area (Å²) in [5.74, 6) is -1.00. The van der Waals surface area contributed by atoms with Crippen molar-refractivity contribution in [3.63, 3.8) is 0 Å². The Hall–Kier alpha value is -2.04. The first-order valence-corrected chi connectivity index (χ1v) is 11.3. The number of benzene rings is 1. The number of urea groups is 1. The van der Waals surface area contributed by atoms with E-state index in [4.69, 9.17) is 0 Å². The minimum atomic E-state index is -3.48. The maximum Gasteiger partial charge on any atom is 0.322 e. The van der Waals surface area contributed by atoms with E-state index in [0.717, 1.165) is 18.4 Å². The van der Waals surface area contributed by atoms with Crippen molar-refractivity contribution in [1.29, 1.82) is 0 Å². The lowest BCUT2D eigenvalue weighted by Crippen LogP contribution is -2.58. The molecule has 0 radical (unpaired) electrons. The maximum atomic E-state index is 13.3. The zero-order chi connectivity index (χ0) is 20.6. The molecule has 1 atom stereocenters. The number of halogens is 1. The van der Waals surface area contributed by atoms with Crippen LogP contribution in [0.2, 0.25) is 0 Å². The summed E-state index contributed by atoms with van der Waals surface area (Å²) in [6, 6.07) is 5.29. The van der Waals surface area contributed by atoms with Crippen LogP contribution in [0.3, 0.4) is 0 Å². The number of nitrogens with one attached hydrogen (secondary N) is 2. The molecule has 0 saturated carbocycles. The molecule has 0 aromatic heterocycles. The third-order valence-electron chi connectivity index (χ3n) is 6.23. The molecule has 3 heterocycles. The van der Waals surface area contributed by atoms with E-state index in [2.05, 4.69) is 10.6 Å². The summed E-state index contributed by atoms with van der Waals surface area (Å²) in [6.45, 7) is 1.71. The summed E-state index contributed by atoms with van der Waals surface area (Å²) in [4.78, 5) is 24.7. The smallest absolute Gasteiger partial charge is 0.322 e. The number of hydrogen-bond donors (Lipinski definition) is 2. The number of piperidine rings is 1. The Bertz CT molecular complexity index is 893. The average molecular weight is 424 g/mol. The zero-order valence-corrected chi connectivity index (χ0v) is 16.9. The van der Waals surface area contributed by atoms with E-state index in [1.54, 1.807) is 12.1 Å². The van der Waals surface area contributed by atoms with Gasteiger partial charge in [0.1, 0.15) is 11.4 Å². The molecule has 1 aromatic rings. The monoisotopic (exact) mass is 424 g/mol. The molecule has 2 N–H and O–H groups in total. The van der Waals surface area contributed by atoms with Gasteiger partial charge >= 0.3 is 6.03 Å². The highest BCUT2D eigenvalue weighted by Crippen LogP contribution is 2.35. The van der Waals surface area contributed by atoms with E-state index in [1.165, 1.54) is 20.7 Å². The van der Waals surface area contributed by atoms with Gasteiger partial charge in [-0.3, -0.25) is 10.1 Å². The summed E-state index contributed by atoms with van der Waals surface area (Å²) in [5, 5.41) is 5.11. The van der Waals surface area contributed by atoms with Gasteiger partial charge in [0, 0.05) is 32.6 Å². The van der Waals surface area contributed by atoms with Crippen molar-refractivity contribution in [2.45, 2.75) is 37.6 Å². The lowest BCUT2D eigenvalue weighted by atomic mass is 9.74. The number of imide groups is 1. The number of nitrogens with zero attached hydrogens (tertiary/aromatic N) is 2. The van der Waals surface area contributed by atoms with Gasteiger partial charge in [0.05, 0.1) is 0 Å². The summed E-state index contributed by atoms with van der Waals surface area (Å²) >= 11 is 0. The second-order valence-corrected chi connectivity index (χ2v) is 9.90. The zero-order valence-electron chi connectivity index (χ0n) is 16.1. The minimum absolute atomic E-state index is 0.218. The summed E-state index contributed by atoms with van der Waals surface area (Å²) in [7, 11) is -3.48. The van der Waals surface area contributed by atoms with Crippen LogP contribution in [0, 0.1) is 11.7 Å². The Morgan fingerprint density at radius 1 is 1.00 bits per heavy atom. The Balaban J connectivity index is 1.52. The molecule has 3 amide bonds. The normalized spacial score (nSPS) is 27.2. The van der Waals surface area contributed by atoms with Crippen LogP contribution in [0.4, 0.5) is 9.18 Å². The standard InChI is InChI=1S/C19H25FN4O4S/c20-16-5-3-14(4-6-16)13-19(17(25)21-18(26)22-19)15-7-11-24(12-8-15)29(27,28)23-9-1-2-10-23/h3-6,15H,1-2,7-13H2,(H2,21,22,25,26)/t19-/m0/s1. The van der Waals surface area contributed by atoms with Crippen LogP contribution < -0.4 is 10.6 Å². The number of carbonyl (C=O) groups is 2. The summed E-state index contributed by atoms with van der Waals surface area (Å²) in [6.07, 6.45) is 2.91. The highest BCUT2D eigenvalue weighted by Gasteiger charge is 2.53. The van der Waals surface area contributed by atoms with Crippen molar-refractivity contribution in [3.8, 4) is 0 Å². The van der Waals surface area contributed by atoms with Crippen molar-refractivity contribution in [3.05, 3.63) is 35.6 Å². The Morgan fingerprint density at radius 2 is 1.59 bits per heavy atom. The topological polar surface area (TPSA) is 98.8 Å². The highest BCUT2D eigenvalue weighted by atomic mass is 32.2. The first-order valence-electron chi connectivity index (χ1n) is 9.94. The number of hydrogen-bond acceptors (Lipinski definition) is 4. The molecule has 29 heavy (non-hydrogen) atoms. The van der Waals surface area contributed by atoms with E-state index in [0.29, 0.717) is 39.0 Å². The first-order chi connectivity index (χ1) is 13.8. The molecule has 4 rings (SSSR count). The van der Waals surface area contributed by atoms with Crippen molar-refractivity contribution in [1.82, 2.24) is 19.2 Å². The molecule has 3 aliphatic heterocycles. The number of carbonyl (C=O) groups excluding carboxylic acids is 2. The van der Waals surface area contributed by atoms with Gasteiger partial charge in [-0.25, -0.2) is 9.18 Å². The van der Waals surface area contributed by atoms with Crippen LogP contribution in [0.1, 0.15) is 31.2 Å². The van der Waals surface area contributed by atoms with Crippen LogP contribution in [0.25, 0.3) is 0 Å². The predicted molar refractivity (Wildman–Crippen MR) is 104 cm³/mol. The molecule has 8 nitrogen and oxygen atoms in total. The molecular formula is C19H25FN4O4S. The number of amides is 3. The van der Waals surface area contributed by atoms with Gasteiger partial charge in [-0.1, -0.05) is 12.1 Å². The molecule has 3 aliphatic rings. The molecule has 0 aliphatic carbocycles. The van der Waals surface area contributed by atoms with Crippen LogP contribution in [0.5, 0.6) is 0 Å². The van der Waals surface area contributed by atoms with Crippen molar-refractivity contribution in [2.24, 2.45) is 5.92 Å². The van der Waals surface area contributed by atoms with Gasteiger partial charge in [0.2, 0.25) is 0 Å². The Morgan fingerprint density at radius 3 is 2.14 bits per heavy atom. The van der Waals surface area contributed by atoms with Gasteiger partial charge < -0.3 is 5.32 Å². The predicted octanol–water partition coefficient (Wildman–Crippen LogP) is 0.999. The Kier molecular flexibility index (Phi) is 5.34. The molecule has 0 bridgehead atoms. The fourth-order valence-electron chi connectivity index (χ4n) is 4.65. The van der Waals surface area contributed by atoms with Gasteiger partial charge in [0.25, 0.3) is 16.1 Å². The van der Waals surface area contributed by atoms with Crippen LogP contribution in [-0.2, 0) is 21.4 Å². The summed E-state index contributed by atoms with van der Waals surface area (Å²) < 4.78 is 41.9. The molecular weight excluding hydrogens is 399 g/mol. The fraction of sp³-hybridized carbons (Fsp3) is 0.579. The quantitative estimate of drug-likeness (QED) is 0.689. The van der Waals surface area contributed by atoms with Gasteiger partial charge in [-0.2, -0.15) is 17.0 Å². The first kappa shape index (κ1) is 20.2. The molecule has 0 unspecified atom stereocenters. The molecule has 3 fully saturated rings. The van der Waals surface area contributed by atoms with E-state index in [1.807, 2.05) is 0 Å². The molecule has 1 aromatic carbocycles. The third kappa shape index (κ3) is 3.76. The van der Waals surface area contributed by atoms with Crippen molar-refractivity contribution in [2.75, 3.05) is 26.2 Å². The largest absolute Gasteiger partial charge is 0.323 e. The molecule has 3 saturated heterocycles. The minimum Gasteiger partial charge on any atom is -0.323 e. The SMILES string of the molecule is O=C1NC(=O)[C@](Cc2ccc(F)cc2)(C2CCN(S(=O)(=O)N3CCCC3)CC2)N1. The number of rotatable bonds is 5. The average Bonchev–Trinajstić information content (AvgIpc) is 3.33. The molecule has 10 heteroatoms. The Labute approximate surface area is 169 Å². The maximum absolute atomic E-state index is 13.3. The van der Waals surface area contributed by atoms with E-state index in [-0.39, 0.29) is 18.2 Å². The third-order valence-corrected chi connectivity index (χ3v) is 8.27. The van der Waals surface area contributed by atoms with Gasteiger partial charge in [0.15, 0.2) is 0 Å². The molecule has 158 valence electrons. The van der Waals surface area contributed by atoms with Gasteiger partial charge in [-0.05, 0) is 49.3 Å². The van der Waals surface area contributed by atoms with Crippen molar-refractivity contribution < 1.29 is 22.4 Å². The van der Waals surface area contributed by atoms with Gasteiger partial charge in [-0.15, -0.1) is 0 Å². The molecule has 0 spiro atoms.